The third-order valence-electron chi connectivity index (χ3n) is 3.07. The molecule has 1 unspecified atom stereocenters. The van der Waals surface area contributed by atoms with E-state index in [1.807, 2.05) is 31.2 Å². The van der Waals surface area contributed by atoms with Crippen LogP contribution in [-0.2, 0) is 0 Å². The van der Waals surface area contributed by atoms with Crippen LogP contribution < -0.4 is 14.8 Å². The van der Waals surface area contributed by atoms with Crippen molar-refractivity contribution in [2.45, 2.75) is 19.6 Å². The third kappa shape index (κ3) is 4.08. The van der Waals surface area contributed by atoms with Crippen LogP contribution in [-0.4, -0.2) is 13.7 Å². The Labute approximate surface area is 122 Å². The molecule has 0 aliphatic rings. The highest BCUT2D eigenvalue weighted by Crippen LogP contribution is 2.29. The standard InChI is InChI=1S/C16H17F2NO2/c1-11(19-12-7-9-13(20-2)10-8-12)14-5-3-4-6-15(14)21-16(17)18/h3-11,16,19H,1-2H3. The second kappa shape index (κ2) is 6.92. The lowest BCUT2D eigenvalue weighted by molar-refractivity contribution is -0.0505. The fourth-order valence-electron chi connectivity index (χ4n) is 2.06. The summed E-state index contributed by atoms with van der Waals surface area (Å²) in [5.74, 6) is 0.940. The second-order valence-corrected chi connectivity index (χ2v) is 4.51. The van der Waals surface area contributed by atoms with Gasteiger partial charge in [-0.05, 0) is 37.3 Å². The Balaban J connectivity index is 2.13. The van der Waals surface area contributed by atoms with Crippen molar-refractivity contribution in [1.29, 1.82) is 0 Å². The minimum Gasteiger partial charge on any atom is -0.497 e. The van der Waals surface area contributed by atoms with Crippen LogP contribution >= 0.6 is 0 Å². The van der Waals surface area contributed by atoms with Gasteiger partial charge in [0.2, 0.25) is 0 Å². The van der Waals surface area contributed by atoms with Gasteiger partial charge in [0.25, 0.3) is 0 Å². The monoisotopic (exact) mass is 293 g/mol. The maximum atomic E-state index is 12.4. The van der Waals surface area contributed by atoms with Crippen molar-refractivity contribution in [2.24, 2.45) is 0 Å². The molecular formula is C16H17F2NO2. The van der Waals surface area contributed by atoms with Crippen LogP contribution in [0.15, 0.2) is 48.5 Å². The lowest BCUT2D eigenvalue weighted by Gasteiger charge is -2.19. The first-order valence-electron chi connectivity index (χ1n) is 6.54. The molecule has 1 atom stereocenters. The van der Waals surface area contributed by atoms with E-state index in [1.165, 1.54) is 6.07 Å². The van der Waals surface area contributed by atoms with E-state index in [-0.39, 0.29) is 11.8 Å². The SMILES string of the molecule is COc1ccc(NC(C)c2ccccc2OC(F)F)cc1. The average Bonchev–Trinajstić information content (AvgIpc) is 2.48. The van der Waals surface area contributed by atoms with E-state index in [9.17, 15) is 8.78 Å². The first-order chi connectivity index (χ1) is 10.1. The molecule has 2 aromatic rings. The second-order valence-electron chi connectivity index (χ2n) is 4.51. The van der Waals surface area contributed by atoms with Crippen molar-refractivity contribution in [3.05, 3.63) is 54.1 Å². The van der Waals surface area contributed by atoms with Crippen LogP contribution in [0.4, 0.5) is 14.5 Å². The molecule has 21 heavy (non-hydrogen) atoms. The molecule has 0 bridgehead atoms. The van der Waals surface area contributed by atoms with Crippen LogP contribution in [0.25, 0.3) is 0 Å². The summed E-state index contributed by atoms with van der Waals surface area (Å²) in [7, 11) is 1.60. The van der Waals surface area contributed by atoms with E-state index in [0.717, 1.165) is 11.4 Å². The topological polar surface area (TPSA) is 30.5 Å². The van der Waals surface area contributed by atoms with Gasteiger partial charge in [0, 0.05) is 11.3 Å². The molecule has 112 valence electrons. The van der Waals surface area contributed by atoms with Crippen molar-refractivity contribution in [2.75, 3.05) is 12.4 Å². The van der Waals surface area contributed by atoms with E-state index in [2.05, 4.69) is 10.1 Å². The van der Waals surface area contributed by atoms with E-state index in [1.54, 1.807) is 25.3 Å². The van der Waals surface area contributed by atoms with Gasteiger partial charge < -0.3 is 14.8 Å². The number of hydrogen-bond acceptors (Lipinski definition) is 3. The lowest BCUT2D eigenvalue weighted by atomic mass is 10.1. The van der Waals surface area contributed by atoms with Crippen LogP contribution in [0.3, 0.4) is 0 Å². The molecule has 3 nitrogen and oxygen atoms in total. The molecule has 1 N–H and O–H groups in total. The van der Waals surface area contributed by atoms with Gasteiger partial charge in [-0.2, -0.15) is 8.78 Å². The minimum atomic E-state index is -2.83. The first-order valence-corrected chi connectivity index (χ1v) is 6.54. The number of nitrogens with one attached hydrogen (secondary N) is 1. The van der Waals surface area contributed by atoms with Gasteiger partial charge in [0.05, 0.1) is 13.2 Å². The number of hydrogen-bond donors (Lipinski definition) is 1. The minimum absolute atomic E-state index is 0.173. The molecule has 0 aliphatic heterocycles. The van der Waals surface area contributed by atoms with E-state index >= 15 is 0 Å². The molecule has 0 saturated heterocycles. The third-order valence-corrected chi connectivity index (χ3v) is 3.07. The molecule has 0 radical (unpaired) electrons. The van der Waals surface area contributed by atoms with E-state index < -0.39 is 6.61 Å². The molecule has 0 spiro atoms. The molecule has 0 aromatic heterocycles. The van der Waals surface area contributed by atoms with Gasteiger partial charge in [-0.3, -0.25) is 0 Å². The Hall–Kier alpha value is -2.30. The maximum Gasteiger partial charge on any atom is 0.387 e. The summed E-state index contributed by atoms with van der Waals surface area (Å²) >= 11 is 0. The zero-order chi connectivity index (χ0) is 15.2. The normalized spacial score (nSPS) is 12.0. The zero-order valence-electron chi connectivity index (χ0n) is 11.8. The fourth-order valence-corrected chi connectivity index (χ4v) is 2.06. The van der Waals surface area contributed by atoms with E-state index in [0.29, 0.717) is 5.56 Å². The summed E-state index contributed by atoms with van der Waals surface area (Å²) in [5.41, 5.74) is 1.55. The van der Waals surface area contributed by atoms with Gasteiger partial charge in [-0.15, -0.1) is 0 Å². The van der Waals surface area contributed by atoms with Gasteiger partial charge >= 0.3 is 6.61 Å². The number of ether oxygens (including phenoxy) is 2. The summed E-state index contributed by atoms with van der Waals surface area (Å²) < 4.78 is 34.5. The summed E-state index contributed by atoms with van der Waals surface area (Å²) in [5, 5.41) is 3.24. The summed E-state index contributed by atoms with van der Waals surface area (Å²) in [6.45, 7) is -0.947. The molecule has 0 fully saturated rings. The Bertz CT molecular complexity index is 573. The number of rotatable bonds is 6. The van der Waals surface area contributed by atoms with Gasteiger partial charge in [0.15, 0.2) is 0 Å². The number of benzene rings is 2. The number of para-hydroxylation sites is 1. The number of anilines is 1. The highest BCUT2D eigenvalue weighted by molar-refractivity contribution is 5.49. The lowest BCUT2D eigenvalue weighted by Crippen LogP contribution is -2.11. The van der Waals surface area contributed by atoms with Crippen molar-refractivity contribution in [1.82, 2.24) is 0 Å². The van der Waals surface area contributed by atoms with Crippen molar-refractivity contribution in [3.63, 3.8) is 0 Å². The Kier molecular flexibility index (Phi) is 4.98. The summed E-state index contributed by atoms with van der Waals surface area (Å²) in [6.07, 6.45) is 0. The fraction of sp³-hybridized carbons (Fsp3) is 0.250. The summed E-state index contributed by atoms with van der Waals surface area (Å²) in [6, 6.07) is 14.0. The quantitative estimate of drug-likeness (QED) is 0.852. The Morgan fingerprint density at radius 2 is 1.67 bits per heavy atom. The molecule has 2 rings (SSSR count). The highest BCUT2D eigenvalue weighted by Gasteiger charge is 2.14. The van der Waals surface area contributed by atoms with Gasteiger partial charge in [-0.25, -0.2) is 0 Å². The molecule has 0 saturated carbocycles. The number of alkyl halides is 2. The molecule has 2 aromatic carbocycles. The smallest absolute Gasteiger partial charge is 0.387 e. The number of halogens is 2. The zero-order valence-corrected chi connectivity index (χ0v) is 11.8. The van der Waals surface area contributed by atoms with E-state index in [4.69, 9.17) is 4.74 Å². The van der Waals surface area contributed by atoms with Gasteiger partial charge in [0.1, 0.15) is 11.5 Å². The average molecular weight is 293 g/mol. The Morgan fingerprint density at radius 1 is 1.00 bits per heavy atom. The molecule has 5 heteroatoms. The Morgan fingerprint density at radius 3 is 2.29 bits per heavy atom. The molecule has 0 heterocycles. The largest absolute Gasteiger partial charge is 0.497 e. The van der Waals surface area contributed by atoms with Crippen molar-refractivity contribution in [3.8, 4) is 11.5 Å². The predicted octanol–water partition coefficient (Wildman–Crippen LogP) is 4.47. The maximum absolute atomic E-state index is 12.4. The van der Waals surface area contributed by atoms with Crippen molar-refractivity contribution >= 4 is 5.69 Å². The molecule has 0 aliphatic carbocycles. The first kappa shape index (κ1) is 15.1. The molecule has 0 amide bonds. The summed E-state index contributed by atoms with van der Waals surface area (Å²) in [4.78, 5) is 0. The number of methoxy groups -OCH3 is 1. The van der Waals surface area contributed by atoms with Crippen molar-refractivity contribution < 1.29 is 18.3 Å². The van der Waals surface area contributed by atoms with Crippen LogP contribution in [0.1, 0.15) is 18.5 Å². The predicted molar refractivity (Wildman–Crippen MR) is 78.1 cm³/mol. The van der Waals surface area contributed by atoms with Crippen LogP contribution in [0.2, 0.25) is 0 Å². The highest BCUT2D eigenvalue weighted by atomic mass is 19.3. The van der Waals surface area contributed by atoms with Crippen LogP contribution in [0, 0.1) is 0 Å². The van der Waals surface area contributed by atoms with Gasteiger partial charge in [-0.1, -0.05) is 18.2 Å². The van der Waals surface area contributed by atoms with Crippen LogP contribution in [0.5, 0.6) is 11.5 Å². The molecular weight excluding hydrogens is 276 g/mol.